The van der Waals surface area contributed by atoms with Crippen LogP contribution >= 0.6 is 0 Å². The van der Waals surface area contributed by atoms with E-state index in [0.29, 0.717) is 25.0 Å². The second kappa shape index (κ2) is 6.49. The van der Waals surface area contributed by atoms with E-state index in [1.165, 1.54) is 6.26 Å². The molecule has 7 heteroatoms. The van der Waals surface area contributed by atoms with Crippen molar-refractivity contribution in [2.75, 3.05) is 59.2 Å². The Labute approximate surface area is 116 Å². The lowest BCUT2D eigenvalue weighted by atomic mass is 9.95. The van der Waals surface area contributed by atoms with Crippen LogP contribution in [0.25, 0.3) is 0 Å². The molecular formula is C12H25N3O3S. The van der Waals surface area contributed by atoms with Crippen LogP contribution in [0.1, 0.15) is 6.42 Å². The Morgan fingerprint density at radius 1 is 1.26 bits per heavy atom. The number of hydrogen-bond donors (Lipinski definition) is 1. The van der Waals surface area contributed by atoms with Crippen LogP contribution in [0.4, 0.5) is 0 Å². The first-order valence-corrected chi connectivity index (χ1v) is 8.78. The van der Waals surface area contributed by atoms with Gasteiger partial charge in [-0.15, -0.1) is 0 Å². The van der Waals surface area contributed by atoms with Gasteiger partial charge in [-0.2, -0.15) is 4.31 Å². The monoisotopic (exact) mass is 291 g/mol. The molecule has 1 N–H and O–H groups in total. The van der Waals surface area contributed by atoms with Gasteiger partial charge in [-0.05, 0) is 13.5 Å². The standard InChI is InChI=1S/C12H25N3O3S/c1-13-12-3-8-18-10-11(12)9-14-4-6-15(7-5-14)19(2,16)17/h11-13H,3-10H2,1-2H3. The molecule has 0 spiro atoms. The summed E-state index contributed by atoms with van der Waals surface area (Å²) in [6.45, 7) is 5.48. The first kappa shape index (κ1) is 15.2. The maximum absolute atomic E-state index is 11.5. The van der Waals surface area contributed by atoms with Gasteiger partial charge in [-0.3, -0.25) is 0 Å². The van der Waals surface area contributed by atoms with Crippen LogP contribution in [0.2, 0.25) is 0 Å². The van der Waals surface area contributed by atoms with Gasteiger partial charge in [0.15, 0.2) is 0 Å². The van der Waals surface area contributed by atoms with Crippen molar-refractivity contribution >= 4 is 10.0 Å². The molecule has 0 amide bonds. The highest BCUT2D eigenvalue weighted by molar-refractivity contribution is 7.88. The number of hydrogen-bond acceptors (Lipinski definition) is 5. The van der Waals surface area contributed by atoms with E-state index in [-0.39, 0.29) is 0 Å². The van der Waals surface area contributed by atoms with E-state index < -0.39 is 10.0 Å². The average molecular weight is 291 g/mol. The summed E-state index contributed by atoms with van der Waals surface area (Å²) in [7, 11) is -1.02. The topological polar surface area (TPSA) is 61.9 Å². The summed E-state index contributed by atoms with van der Waals surface area (Å²) in [5, 5.41) is 3.36. The Hall–Kier alpha value is -0.210. The van der Waals surface area contributed by atoms with Crippen molar-refractivity contribution in [3.8, 4) is 0 Å². The molecule has 2 saturated heterocycles. The fourth-order valence-corrected chi connectivity index (χ4v) is 3.76. The fourth-order valence-electron chi connectivity index (χ4n) is 2.93. The van der Waals surface area contributed by atoms with Crippen LogP contribution in [0, 0.1) is 5.92 Å². The van der Waals surface area contributed by atoms with Crippen molar-refractivity contribution in [2.45, 2.75) is 12.5 Å². The van der Waals surface area contributed by atoms with Crippen LogP contribution in [0.5, 0.6) is 0 Å². The number of nitrogens with one attached hydrogen (secondary N) is 1. The highest BCUT2D eigenvalue weighted by Gasteiger charge is 2.29. The third-order valence-corrected chi connectivity index (χ3v) is 5.44. The van der Waals surface area contributed by atoms with E-state index >= 15 is 0 Å². The van der Waals surface area contributed by atoms with Crippen molar-refractivity contribution < 1.29 is 13.2 Å². The lowest BCUT2D eigenvalue weighted by molar-refractivity contribution is 0.0143. The predicted molar refractivity (Wildman–Crippen MR) is 74.6 cm³/mol. The summed E-state index contributed by atoms with van der Waals surface area (Å²) in [5.74, 6) is 0.503. The van der Waals surface area contributed by atoms with Gasteiger partial charge in [-0.1, -0.05) is 0 Å². The zero-order valence-corrected chi connectivity index (χ0v) is 12.7. The number of ether oxygens (including phenoxy) is 1. The SMILES string of the molecule is CNC1CCOCC1CN1CCN(S(C)(=O)=O)CC1. The van der Waals surface area contributed by atoms with E-state index in [1.54, 1.807) is 4.31 Å². The molecule has 0 saturated carbocycles. The molecule has 2 atom stereocenters. The summed E-state index contributed by atoms with van der Waals surface area (Å²) in [5.41, 5.74) is 0. The minimum atomic E-state index is -3.03. The zero-order valence-electron chi connectivity index (χ0n) is 11.8. The van der Waals surface area contributed by atoms with Gasteiger partial charge in [-0.25, -0.2) is 8.42 Å². The molecule has 2 rings (SSSR count). The molecule has 19 heavy (non-hydrogen) atoms. The molecular weight excluding hydrogens is 266 g/mol. The van der Waals surface area contributed by atoms with Crippen LogP contribution < -0.4 is 5.32 Å². The molecule has 6 nitrogen and oxygen atoms in total. The number of nitrogens with zero attached hydrogens (tertiary/aromatic N) is 2. The van der Waals surface area contributed by atoms with Gasteiger partial charge < -0.3 is 15.0 Å². The maximum atomic E-state index is 11.5. The number of piperazine rings is 1. The summed E-state index contributed by atoms with van der Waals surface area (Å²) in [4.78, 5) is 2.35. The van der Waals surface area contributed by atoms with Crippen molar-refractivity contribution in [3.63, 3.8) is 0 Å². The van der Waals surface area contributed by atoms with E-state index in [2.05, 4.69) is 10.2 Å². The maximum Gasteiger partial charge on any atom is 0.211 e. The minimum Gasteiger partial charge on any atom is -0.381 e. The number of rotatable bonds is 4. The second-order valence-electron chi connectivity index (χ2n) is 5.48. The van der Waals surface area contributed by atoms with E-state index in [1.807, 2.05) is 7.05 Å². The first-order chi connectivity index (χ1) is 9.00. The fraction of sp³-hybridized carbons (Fsp3) is 1.00. The van der Waals surface area contributed by atoms with E-state index in [4.69, 9.17) is 4.74 Å². The zero-order chi connectivity index (χ0) is 13.9. The third-order valence-electron chi connectivity index (χ3n) is 4.14. The van der Waals surface area contributed by atoms with Crippen LogP contribution in [0.15, 0.2) is 0 Å². The molecule has 0 radical (unpaired) electrons. The first-order valence-electron chi connectivity index (χ1n) is 6.93. The molecule has 2 fully saturated rings. The van der Waals surface area contributed by atoms with Gasteiger partial charge in [0.2, 0.25) is 10.0 Å². The molecule has 2 unspecified atom stereocenters. The highest BCUT2D eigenvalue weighted by atomic mass is 32.2. The largest absolute Gasteiger partial charge is 0.381 e. The molecule has 0 bridgehead atoms. The summed E-state index contributed by atoms with van der Waals surface area (Å²) < 4.78 is 30.0. The summed E-state index contributed by atoms with van der Waals surface area (Å²) >= 11 is 0. The van der Waals surface area contributed by atoms with Gasteiger partial charge in [0, 0.05) is 51.3 Å². The lowest BCUT2D eigenvalue weighted by Crippen LogP contribution is -2.52. The smallest absolute Gasteiger partial charge is 0.211 e. The molecule has 0 aromatic heterocycles. The summed E-state index contributed by atoms with van der Waals surface area (Å²) in [6, 6.07) is 0.515. The highest BCUT2D eigenvalue weighted by Crippen LogP contribution is 2.17. The Balaban J connectivity index is 1.82. The molecule has 112 valence electrons. The molecule has 2 aliphatic heterocycles. The Morgan fingerprint density at radius 3 is 2.53 bits per heavy atom. The van der Waals surface area contributed by atoms with E-state index in [9.17, 15) is 8.42 Å². The van der Waals surface area contributed by atoms with Gasteiger partial charge in [0.1, 0.15) is 0 Å². The molecule has 0 aromatic carbocycles. The number of sulfonamides is 1. The average Bonchev–Trinajstić information content (AvgIpc) is 2.39. The minimum absolute atomic E-state index is 0.503. The predicted octanol–water partition coefficient (Wildman–Crippen LogP) is -0.812. The van der Waals surface area contributed by atoms with Crippen LogP contribution in [0.3, 0.4) is 0 Å². The van der Waals surface area contributed by atoms with Gasteiger partial charge in [0.25, 0.3) is 0 Å². The van der Waals surface area contributed by atoms with Crippen LogP contribution in [-0.4, -0.2) is 82.9 Å². The molecule has 0 aliphatic carbocycles. The van der Waals surface area contributed by atoms with E-state index in [0.717, 1.165) is 39.3 Å². The van der Waals surface area contributed by atoms with Crippen LogP contribution in [-0.2, 0) is 14.8 Å². The molecule has 0 aromatic rings. The van der Waals surface area contributed by atoms with Crippen molar-refractivity contribution in [1.82, 2.24) is 14.5 Å². The third kappa shape index (κ3) is 4.13. The molecule has 2 heterocycles. The Kier molecular flexibility index (Phi) is 5.19. The Bertz CT molecular complexity index is 380. The lowest BCUT2D eigenvalue weighted by Gasteiger charge is -2.38. The quantitative estimate of drug-likeness (QED) is 0.734. The van der Waals surface area contributed by atoms with Gasteiger partial charge >= 0.3 is 0 Å². The molecule has 2 aliphatic rings. The van der Waals surface area contributed by atoms with Crippen molar-refractivity contribution in [1.29, 1.82) is 0 Å². The summed E-state index contributed by atoms with van der Waals surface area (Å²) in [6.07, 6.45) is 2.35. The Morgan fingerprint density at radius 2 is 1.95 bits per heavy atom. The van der Waals surface area contributed by atoms with Gasteiger partial charge in [0.05, 0.1) is 12.9 Å². The second-order valence-corrected chi connectivity index (χ2v) is 7.46. The van der Waals surface area contributed by atoms with Crippen molar-refractivity contribution in [2.24, 2.45) is 5.92 Å². The normalized spacial score (nSPS) is 31.5. The van der Waals surface area contributed by atoms with Crippen molar-refractivity contribution in [3.05, 3.63) is 0 Å².